The second-order valence-electron chi connectivity index (χ2n) is 4.05. The van der Waals surface area contributed by atoms with Crippen molar-refractivity contribution in [3.63, 3.8) is 0 Å². The molecule has 94 valence electrons. The van der Waals surface area contributed by atoms with Crippen molar-refractivity contribution in [1.29, 1.82) is 0 Å². The summed E-state index contributed by atoms with van der Waals surface area (Å²) in [5.41, 5.74) is 1.90. The number of halogens is 2. The average molecular weight is 388 g/mol. The van der Waals surface area contributed by atoms with Gasteiger partial charge in [0, 0.05) is 10.4 Å². The minimum absolute atomic E-state index is 0.00584. The lowest BCUT2D eigenvalue weighted by atomic mass is 10.0. The highest BCUT2D eigenvalue weighted by Gasteiger charge is 2.26. The zero-order valence-corrected chi connectivity index (χ0v) is 13.8. The van der Waals surface area contributed by atoms with E-state index >= 15 is 0 Å². The molecule has 2 rings (SSSR count). The van der Waals surface area contributed by atoms with Gasteiger partial charge in [-0.05, 0) is 18.4 Å². The Bertz CT molecular complexity index is 519. The van der Waals surface area contributed by atoms with Gasteiger partial charge in [0.25, 0.3) is 0 Å². The molecule has 0 aliphatic heterocycles. The van der Waals surface area contributed by atoms with Crippen LogP contribution < -0.4 is 0 Å². The molecule has 0 fully saturated rings. The quantitative estimate of drug-likeness (QED) is 0.524. The summed E-state index contributed by atoms with van der Waals surface area (Å²) in [6.07, 6.45) is 0. The van der Waals surface area contributed by atoms with Gasteiger partial charge < -0.3 is 0 Å². The van der Waals surface area contributed by atoms with Gasteiger partial charge in [-0.3, -0.25) is 4.79 Å². The molecule has 1 nitrogen and oxygen atoms in total. The number of carbonyl (C=O) groups is 1. The number of alkyl halides is 2. The predicted octanol–water partition coefficient (Wildman–Crippen LogP) is 5.14. The Morgan fingerprint density at radius 1 is 1.17 bits per heavy atom. The summed E-state index contributed by atoms with van der Waals surface area (Å²) in [6, 6.07) is 11.7. The monoisotopic (exact) mass is 386 g/mol. The van der Waals surface area contributed by atoms with E-state index in [1.165, 1.54) is 0 Å². The van der Waals surface area contributed by atoms with E-state index in [-0.39, 0.29) is 15.4 Å². The molecule has 0 N–H and O–H groups in total. The molecule has 1 aromatic carbocycles. The molecule has 0 aliphatic rings. The highest BCUT2D eigenvalue weighted by molar-refractivity contribution is 9.12. The third-order valence-corrected chi connectivity index (χ3v) is 6.59. The molecule has 0 radical (unpaired) electrons. The van der Waals surface area contributed by atoms with E-state index in [4.69, 9.17) is 0 Å². The van der Waals surface area contributed by atoms with E-state index in [0.717, 1.165) is 16.0 Å². The van der Waals surface area contributed by atoms with Gasteiger partial charge in [-0.25, -0.2) is 0 Å². The minimum Gasteiger partial charge on any atom is -0.293 e. The lowest BCUT2D eigenvalue weighted by Gasteiger charge is -2.14. The first-order valence-electron chi connectivity index (χ1n) is 5.52. The van der Waals surface area contributed by atoms with Gasteiger partial charge in [0.15, 0.2) is 5.78 Å². The van der Waals surface area contributed by atoms with Gasteiger partial charge in [0.05, 0.1) is 9.65 Å². The van der Waals surface area contributed by atoms with Crippen molar-refractivity contribution in [3.8, 4) is 0 Å². The fourth-order valence-corrected chi connectivity index (χ4v) is 3.78. The van der Waals surface area contributed by atoms with Crippen molar-refractivity contribution in [1.82, 2.24) is 0 Å². The summed E-state index contributed by atoms with van der Waals surface area (Å²) >= 11 is 8.73. The van der Waals surface area contributed by atoms with Crippen molar-refractivity contribution in [2.45, 2.75) is 16.6 Å². The van der Waals surface area contributed by atoms with E-state index < -0.39 is 0 Å². The Morgan fingerprint density at radius 2 is 1.83 bits per heavy atom. The molecule has 2 atom stereocenters. The fourth-order valence-electron chi connectivity index (χ4n) is 1.60. The third kappa shape index (κ3) is 3.11. The lowest BCUT2D eigenvalue weighted by Crippen LogP contribution is -2.18. The maximum absolute atomic E-state index is 12.3. The van der Waals surface area contributed by atoms with E-state index in [0.29, 0.717) is 0 Å². The van der Waals surface area contributed by atoms with Crippen molar-refractivity contribution in [3.05, 3.63) is 57.8 Å². The Balaban J connectivity index is 2.16. The number of Topliss-reactive ketones (excluding diaryl/α,β-unsaturated/α-hetero) is 1. The van der Waals surface area contributed by atoms with Crippen LogP contribution in [0.1, 0.15) is 25.6 Å². The number of hydrogen-bond acceptors (Lipinski definition) is 2. The van der Waals surface area contributed by atoms with Crippen LogP contribution in [0.3, 0.4) is 0 Å². The van der Waals surface area contributed by atoms with Gasteiger partial charge in [0.2, 0.25) is 0 Å². The van der Waals surface area contributed by atoms with Crippen molar-refractivity contribution in [2.75, 3.05) is 0 Å². The molecule has 0 bridgehead atoms. The highest BCUT2D eigenvalue weighted by Crippen LogP contribution is 2.35. The van der Waals surface area contributed by atoms with Crippen molar-refractivity contribution < 1.29 is 4.79 Å². The van der Waals surface area contributed by atoms with Crippen LogP contribution in [-0.4, -0.2) is 10.6 Å². The molecule has 0 unspecified atom stereocenters. The van der Waals surface area contributed by atoms with E-state index in [2.05, 4.69) is 31.9 Å². The number of ketones is 1. The zero-order chi connectivity index (χ0) is 13.1. The molecule has 2 aromatic rings. The number of benzene rings is 1. The van der Waals surface area contributed by atoms with E-state index in [1.807, 2.05) is 48.7 Å². The normalized spacial score (nSPS) is 14.2. The van der Waals surface area contributed by atoms with Crippen molar-refractivity contribution >= 4 is 49.0 Å². The standard InChI is InChI=1S/C14H12Br2OS/c1-9-4-6-10(7-5-9)14(17)13(16)12(15)11-3-2-8-18-11/h2-8,12-13H,1H3/t12-,13+/m0/s1. The number of thiophene rings is 1. The maximum Gasteiger partial charge on any atom is 0.177 e. The van der Waals surface area contributed by atoms with Gasteiger partial charge in [-0.15, -0.1) is 11.3 Å². The molecular weight excluding hydrogens is 376 g/mol. The Hall–Kier alpha value is -0.450. The van der Waals surface area contributed by atoms with Gasteiger partial charge in [-0.1, -0.05) is 67.8 Å². The van der Waals surface area contributed by atoms with Crippen LogP contribution in [0.2, 0.25) is 0 Å². The number of aryl methyl sites for hydroxylation is 1. The minimum atomic E-state index is -0.251. The average Bonchev–Trinajstić information content (AvgIpc) is 2.91. The van der Waals surface area contributed by atoms with Crippen LogP contribution in [0, 0.1) is 6.92 Å². The third-order valence-electron chi connectivity index (χ3n) is 2.66. The first-order valence-corrected chi connectivity index (χ1v) is 8.23. The molecule has 0 saturated heterocycles. The molecule has 18 heavy (non-hydrogen) atoms. The number of carbonyl (C=O) groups excluding carboxylic acids is 1. The molecule has 0 aliphatic carbocycles. The zero-order valence-electron chi connectivity index (χ0n) is 9.77. The Labute approximate surface area is 127 Å². The summed E-state index contributed by atoms with van der Waals surface area (Å²) in [6.45, 7) is 2.01. The van der Waals surface area contributed by atoms with Crippen molar-refractivity contribution in [2.24, 2.45) is 0 Å². The van der Waals surface area contributed by atoms with Crippen LogP contribution in [0.5, 0.6) is 0 Å². The predicted molar refractivity (Wildman–Crippen MR) is 84.2 cm³/mol. The van der Waals surface area contributed by atoms with E-state index in [1.54, 1.807) is 11.3 Å². The summed E-state index contributed by atoms with van der Waals surface area (Å²) < 4.78 is 0. The van der Waals surface area contributed by atoms with Gasteiger partial charge in [0.1, 0.15) is 0 Å². The summed E-state index contributed by atoms with van der Waals surface area (Å²) in [5.74, 6) is 0.102. The molecule has 0 saturated carbocycles. The topological polar surface area (TPSA) is 17.1 Å². The number of hydrogen-bond donors (Lipinski definition) is 0. The first kappa shape index (κ1) is 14.0. The number of rotatable bonds is 4. The van der Waals surface area contributed by atoms with Gasteiger partial charge in [-0.2, -0.15) is 0 Å². The Kier molecular flexibility index (Phi) is 4.76. The molecular formula is C14H12Br2OS. The summed E-state index contributed by atoms with van der Waals surface area (Å²) in [7, 11) is 0. The smallest absolute Gasteiger partial charge is 0.177 e. The van der Waals surface area contributed by atoms with Crippen LogP contribution in [0.4, 0.5) is 0 Å². The van der Waals surface area contributed by atoms with Crippen LogP contribution >= 0.6 is 43.2 Å². The molecule has 0 spiro atoms. The molecule has 4 heteroatoms. The lowest BCUT2D eigenvalue weighted by molar-refractivity contribution is 0.0991. The first-order chi connectivity index (χ1) is 8.59. The highest BCUT2D eigenvalue weighted by atomic mass is 79.9. The molecule has 1 heterocycles. The summed E-state index contributed by atoms with van der Waals surface area (Å²) in [5, 5.41) is 2.01. The van der Waals surface area contributed by atoms with Crippen LogP contribution in [0.15, 0.2) is 41.8 Å². The van der Waals surface area contributed by atoms with Crippen LogP contribution in [-0.2, 0) is 0 Å². The van der Waals surface area contributed by atoms with E-state index in [9.17, 15) is 4.79 Å². The van der Waals surface area contributed by atoms with Gasteiger partial charge >= 0.3 is 0 Å². The SMILES string of the molecule is Cc1ccc(C(=O)[C@H](Br)[C@@H](Br)c2cccs2)cc1. The second-order valence-corrected chi connectivity index (χ2v) is 7.00. The largest absolute Gasteiger partial charge is 0.293 e. The van der Waals surface area contributed by atoms with Crippen LogP contribution in [0.25, 0.3) is 0 Å². The Morgan fingerprint density at radius 3 is 2.39 bits per heavy atom. The molecule has 1 aromatic heterocycles. The molecule has 0 amide bonds. The fraction of sp³-hybridized carbons (Fsp3) is 0.214. The summed E-state index contributed by atoms with van der Waals surface area (Å²) in [4.78, 5) is 13.2. The maximum atomic E-state index is 12.3. The second kappa shape index (κ2) is 6.13.